The molecule has 4 aromatic rings. The molecule has 0 N–H and O–H groups in total. The van der Waals surface area contributed by atoms with Crippen molar-refractivity contribution in [2.75, 3.05) is 18.1 Å². The third kappa shape index (κ3) is 5.04. The van der Waals surface area contributed by atoms with Gasteiger partial charge >= 0.3 is 5.97 Å². The molecule has 1 atom stereocenters. The fraction of sp³-hybridized carbons (Fsp3) is 0.281. The van der Waals surface area contributed by atoms with Gasteiger partial charge in [0.15, 0.2) is 5.43 Å². The molecule has 2 heterocycles. The number of nitrogens with zero attached hydrogens (tertiary/aromatic N) is 1. The molecule has 0 saturated carbocycles. The maximum atomic E-state index is 13.8. The number of hydrogen-bond donors (Lipinski definition) is 0. The van der Waals surface area contributed by atoms with E-state index < -0.39 is 17.9 Å². The normalized spacial score (nSPS) is 14.5. The molecule has 0 radical (unpaired) electrons. The van der Waals surface area contributed by atoms with Crippen LogP contribution in [0.4, 0.5) is 5.69 Å². The smallest absolute Gasteiger partial charge is 0.338 e. The van der Waals surface area contributed by atoms with Crippen molar-refractivity contribution >= 4 is 28.5 Å². The molecule has 1 aromatic heterocycles. The fourth-order valence-corrected chi connectivity index (χ4v) is 4.93. The predicted octanol–water partition coefficient (Wildman–Crippen LogP) is 6.60. The minimum absolute atomic E-state index is 0.0238. The summed E-state index contributed by atoms with van der Waals surface area (Å²) in [6.07, 6.45) is 3.20. The topological polar surface area (TPSA) is 86.0 Å². The SMILES string of the molecule is CCCCCOc1ccc(C2c3c(oc4ccc(C)cc4c3=O)C(=O)N2c2ccc(C(=O)OCC)cc2)cc1. The second-order valence-electron chi connectivity index (χ2n) is 9.64. The van der Waals surface area contributed by atoms with Crippen LogP contribution < -0.4 is 15.1 Å². The molecule has 1 unspecified atom stereocenters. The van der Waals surface area contributed by atoms with Crippen LogP contribution >= 0.6 is 0 Å². The van der Waals surface area contributed by atoms with Gasteiger partial charge in [-0.15, -0.1) is 0 Å². The van der Waals surface area contributed by atoms with Crippen LogP contribution in [0.1, 0.15) is 76.8 Å². The van der Waals surface area contributed by atoms with Crippen LogP contribution in [0.3, 0.4) is 0 Å². The molecule has 3 aromatic carbocycles. The molecule has 7 nitrogen and oxygen atoms in total. The second-order valence-corrected chi connectivity index (χ2v) is 9.64. The molecule has 0 fully saturated rings. The highest BCUT2D eigenvalue weighted by molar-refractivity contribution is 6.10. The summed E-state index contributed by atoms with van der Waals surface area (Å²) in [5.41, 5.74) is 3.00. The minimum Gasteiger partial charge on any atom is -0.494 e. The van der Waals surface area contributed by atoms with Gasteiger partial charge in [0.05, 0.1) is 35.8 Å². The maximum Gasteiger partial charge on any atom is 0.338 e. The molecule has 39 heavy (non-hydrogen) atoms. The van der Waals surface area contributed by atoms with E-state index in [1.165, 1.54) is 0 Å². The largest absolute Gasteiger partial charge is 0.494 e. The Morgan fingerprint density at radius 2 is 1.69 bits per heavy atom. The summed E-state index contributed by atoms with van der Waals surface area (Å²) >= 11 is 0. The van der Waals surface area contributed by atoms with Gasteiger partial charge in [0.1, 0.15) is 11.3 Å². The van der Waals surface area contributed by atoms with Gasteiger partial charge in [0.25, 0.3) is 5.91 Å². The van der Waals surface area contributed by atoms with Crippen molar-refractivity contribution in [1.29, 1.82) is 0 Å². The molecule has 0 spiro atoms. The monoisotopic (exact) mass is 525 g/mol. The average Bonchev–Trinajstić information content (AvgIpc) is 3.24. The van der Waals surface area contributed by atoms with Gasteiger partial charge in [-0.05, 0) is 74.4 Å². The number of ether oxygens (including phenoxy) is 2. The van der Waals surface area contributed by atoms with Crippen molar-refractivity contribution in [2.24, 2.45) is 0 Å². The quantitative estimate of drug-likeness (QED) is 0.181. The van der Waals surface area contributed by atoms with Gasteiger partial charge in [-0.25, -0.2) is 4.79 Å². The van der Waals surface area contributed by atoms with E-state index in [1.807, 2.05) is 37.3 Å². The Morgan fingerprint density at radius 3 is 2.38 bits per heavy atom. The fourth-order valence-electron chi connectivity index (χ4n) is 4.93. The second kappa shape index (κ2) is 11.2. The lowest BCUT2D eigenvalue weighted by atomic mass is 9.97. The average molecular weight is 526 g/mol. The van der Waals surface area contributed by atoms with Gasteiger partial charge in [0, 0.05) is 5.69 Å². The Bertz CT molecular complexity index is 1570. The van der Waals surface area contributed by atoms with Crippen LogP contribution in [0.2, 0.25) is 0 Å². The lowest BCUT2D eigenvalue weighted by Crippen LogP contribution is -2.29. The number of amides is 1. The highest BCUT2D eigenvalue weighted by Crippen LogP contribution is 2.41. The number of anilines is 1. The van der Waals surface area contributed by atoms with E-state index >= 15 is 0 Å². The number of carbonyl (C=O) groups is 2. The zero-order valence-corrected chi connectivity index (χ0v) is 22.4. The Morgan fingerprint density at radius 1 is 0.949 bits per heavy atom. The van der Waals surface area contributed by atoms with Gasteiger partial charge in [0.2, 0.25) is 5.76 Å². The van der Waals surface area contributed by atoms with E-state index in [0.717, 1.165) is 36.1 Å². The Kier molecular flexibility index (Phi) is 7.50. The highest BCUT2D eigenvalue weighted by Gasteiger charge is 2.43. The van der Waals surface area contributed by atoms with E-state index in [2.05, 4.69) is 6.92 Å². The van der Waals surface area contributed by atoms with Crippen molar-refractivity contribution < 1.29 is 23.5 Å². The number of rotatable bonds is 9. The van der Waals surface area contributed by atoms with Gasteiger partial charge in [-0.3, -0.25) is 14.5 Å². The minimum atomic E-state index is -0.712. The first-order valence-electron chi connectivity index (χ1n) is 13.3. The number of hydrogen-bond acceptors (Lipinski definition) is 6. The standard InChI is InChI=1S/C32H31NO6/c1-4-6-7-18-38-24-15-11-21(12-16-24)28-27-29(34)25-19-20(3)8-17-26(25)39-30(27)31(35)33(28)23-13-9-22(10-14-23)32(36)37-5-2/h8-17,19,28H,4-7,18H2,1-3H3. The van der Waals surface area contributed by atoms with Crippen LogP contribution in [-0.4, -0.2) is 25.1 Å². The van der Waals surface area contributed by atoms with Crippen LogP contribution in [-0.2, 0) is 4.74 Å². The summed E-state index contributed by atoms with van der Waals surface area (Å²) in [6.45, 7) is 6.69. The summed E-state index contributed by atoms with van der Waals surface area (Å²) < 4.78 is 17.0. The van der Waals surface area contributed by atoms with Gasteiger partial charge in [-0.2, -0.15) is 0 Å². The van der Waals surface area contributed by atoms with Crippen molar-refractivity contribution in [3.05, 3.63) is 105 Å². The van der Waals surface area contributed by atoms with Crippen LogP contribution in [0.25, 0.3) is 11.0 Å². The number of esters is 1. The molecule has 0 bridgehead atoms. The third-order valence-corrected chi connectivity index (χ3v) is 6.89. The molecule has 200 valence electrons. The van der Waals surface area contributed by atoms with Crippen molar-refractivity contribution in [3.63, 3.8) is 0 Å². The van der Waals surface area contributed by atoms with Gasteiger partial charge < -0.3 is 13.9 Å². The molecule has 1 amide bonds. The lowest BCUT2D eigenvalue weighted by Gasteiger charge is -2.25. The summed E-state index contributed by atoms with van der Waals surface area (Å²) in [7, 11) is 0. The summed E-state index contributed by atoms with van der Waals surface area (Å²) in [4.78, 5) is 41.4. The van der Waals surface area contributed by atoms with Crippen LogP contribution in [0.15, 0.2) is 75.9 Å². The van der Waals surface area contributed by atoms with Crippen molar-refractivity contribution in [1.82, 2.24) is 0 Å². The van der Waals surface area contributed by atoms with Gasteiger partial charge in [-0.1, -0.05) is 43.5 Å². The lowest BCUT2D eigenvalue weighted by molar-refractivity contribution is 0.0526. The first-order chi connectivity index (χ1) is 18.9. The first-order valence-corrected chi connectivity index (χ1v) is 13.3. The molecule has 0 aliphatic carbocycles. The Balaban J connectivity index is 1.59. The predicted molar refractivity (Wildman–Crippen MR) is 150 cm³/mol. The first kappa shape index (κ1) is 26.2. The van der Waals surface area contributed by atoms with E-state index in [9.17, 15) is 14.4 Å². The molecule has 1 aliphatic rings. The zero-order chi connectivity index (χ0) is 27.5. The number of carbonyl (C=O) groups excluding carboxylic acids is 2. The third-order valence-electron chi connectivity index (χ3n) is 6.89. The van der Waals surface area contributed by atoms with E-state index in [1.54, 1.807) is 48.2 Å². The van der Waals surface area contributed by atoms with E-state index in [0.29, 0.717) is 34.4 Å². The van der Waals surface area contributed by atoms with Crippen LogP contribution in [0, 0.1) is 6.92 Å². The number of benzene rings is 3. The molecular weight excluding hydrogens is 494 g/mol. The number of aryl methyl sites for hydroxylation is 1. The van der Waals surface area contributed by atoms with Crippen LogP contribution in [0.5, 0.6) is 5.75 Å². The molecule has 0 saturated heterocycles. The Labute approximate surface area is 227 Å². The number of fused-ring (bicyclic) bond motifs is 2. The van der Waals surface area contributed by atoms with Crippen molar-refractivity contribution in [3.8, 4) is 5.75 Å². The summed E-state index contributed by atoms with van der Waals surface area (Å²) in [5.74, 6) is -0.107. The maximum absolute atomic E-state index is 13.8. The number of unbranched alkanes of at least 4 members (excludes halogenated alkanes) is 2. The Hall–Kier alpha value is -4.39. The molecule has 1 aliphatic heterocycles. The zero-order valence-electron chi connectivity index (χ0n) is 22.4. The highest BCUT2D eigenvalue weighted by atomic mass is 16.5. The van der Waals surface area contributed by atoms with E-state index in [-0.39, 0.29) is 17.8 Å². The summed E-state index contributed by atoms with van der Waals surface area (Å²) in [6, 6.07) is 18.7. The molecule has 5 rings (SSSR count). The molecular formula is C32H31NO6. The van der Waals surface area contributed by atoms with E-state index in [4.69, 9.17) is 13.9 Å². The van der Waals surface area contributed by atoms with Crippen molar-refractivity contribution in [2.45, 2.75) is 46.1 Å². The molecule has 7 heteroatoms. The summed E-state index contributed by atoms with van der Waals surface area (Å²) in [5, 5.41) is 0.432.